The largest absolute Gasteiger partial charge is 0.380 e. The Balaban J connectivity index is -0.000000132. The lowest BCUT2D eigenvalue weighted by Crippen LogP contribution is -2.29. The molecule has 0 aromatic rings. The lowest BCUT2D eigenvalue weighted by molar-refractivity contribution is -0.124. The van der Waals surface area contributed by atoms with E-state index < -0.39 is 0 Å². The highest BCUT2D eigenvalue weighted by Gasteiger charge is 2.19. The van der Waals surface area contributed by atoms with Crippen LogP contribution in [0.25, 0.3) is 0 Å². The average molecular weight is 504 g/mol. The second-order valence-electron chi connectivity index (χ2n) is 8.99. The summed E-state index contributed by atoms with van der Waals surface area (Å²) in [6.07, 6.45) is 6.47. The van der Waals surface area contributed by atoms with Crippen LogP contribution in [0.4, 0.5) is 0 Å². The van der Waals surface area contributed by atoms with E-state index in [1.807, 2.05) is 27.7 Å². The molecule has 8 nitrogen and oxygen atoms in total. The Morgan fingerprint density at radius 3 is 1.63 bits per heavy atom. The highest BCUT2D eigenvalue weighted by molar-refractivity contribution is 5.76. The van der Waals surface area contributed by atoms with Crippen molar-refractivity contribution in [2.24, 2.45) is 10.8 Å². The average Bonchev–Trinajstić information content (AvgIpc) is 2.76. The minimum absolute atomic E-state index is 0.0275. The van der Waals surface area contributed by atoms with E-state index in [2.05, 4.69) is 61.2 Å². The number of hydrogen-bond donors (Lipinski definition) is 3. The summed E-state index contributed by atoms with van der Waals surface area (Å²) in [6, 6.07) is 0. The summed E-state index contributed by atoms with van der Waals surface area (Å²) in [5.74, 6) is 2.32. The molecule has 0 unspecified atom stereocenters. The lowest BCUT2D eigenvalue weighted by atomic mass is 9.90. The third-order valence-electron chi connectivity index (χ3n) is 3.40. The molecule has 0 aliphatic carbocycles. The van der Waals surface area contributed by atoms with Gasteiger partial charge in [-0.1, -0.05) is 62.3 Å². The van der Waals surface area contributed by atoms with Gasteiger partial charge in [0.2, 0.25) is 17.7 Å². The minimum atomic E-state index is -0.0949. The van der Waals surface area contributed by atoms with E-state index in [4.69, 9.17) is 11.2 Å². The van der Waals surface area contributed by atoms with E-state index in [-0.39, 0.29) is 35.2 Å². The number of nitrogens with one attached hydrogen (secondary N) is 3. The van der Waals surface area contributed by atoms with Crippen LogP contribution in [-0.4, -0.2) is 64.8 Å². The second kappa shape index (κ2) is 29.9. The van der Waals surface area contributed by atoms with Crippen LogP contribution in [0.1, 0.15) is 89.0 Å². The van der Waals surface area contributed by atoms with Gasteiger partial charge in [-0.3, -0.25) is 14.4 Å². The summed E-state index contributed by atoms with van der Waals surface area (Å²) in [5, 5.41) is 7.78. The van der Waals surface area contributed by atoms with Crippen molar-refractivity contribution in [2.75, 3.05) is 47.1 Å². The van der Waals surface area contributed by atoms with E-state index in [1.54, 1.807) is 14.0 Å². The summed E-state index contributed by atoms with van der Waals surface area (Å²) in [6.45, 7) is 24.8. The smallest absolute Gasteiger partial charge is 0.245 e. The fraction of sp³-hybridized carbons (Fsp3) is 0.815. The van der Waals surface area contributed by atoms with Crippen LogP contribution >= 0.6 is 0 Å². The minimum Gasteiger partial charge on any atom is -0.380 e. The standard InChI is InChI=1S/C13H27NO2.C6H9NO.C4H9NO2.2C2H6/c1-11(15)14-8-7-13(5,6)10-16-9-12(2,3)4;1-3-4-5-7-6(2)8;1-5-4(6)3-7-2;2*1-2/h7-10H2,1-6H3,(H,14,15);1H,4-5H2,2H3,(H,7,8);3H2,1-2H3,(H,5,6);2*1-2H3. The molecule has 0 saturated heterocycles. The number of ether oxygens (including phenoxy) is 2. The van der Waals surface area contributed by atoms with E-state index in [9.17, 15) is 14.4 Å². The summed E-state index contributed by atoms with van der Waals surface area (Å²) >= 11 is 0. The molecule has 0 spiro atoms. The van der Waals surface area contributed by atoms with Gasteiger partial charge in [-0.15, -0.1) is 12.3 Å². The van der Waals surface area contributed by atoms with Crippen molar-refractivity contribution in [1.29, 1.82) is 0 Å². The van der Waals surface area contributed by atoms with Gasteiger partial charge in [0.25, 0.3) is 0 Å². The Kier molecular flexibility index (Phi) is 36.8. The van der Waals surface area contributed by atoms with Crippen molar-refractivity contribution in [1.82, 2.24) is 16.0 Å². The molecule has 0 saturated carbocycles. The molecule has 0 fully saturated rings. The third kappa shape index (κ3) is 54.4. The van der Waals surface area contributed by atoms with E-state index in [1.165, 1.54) is 14.0 Å². The molecule has 0 aromatic heterocycles. The zero-order chi connectivity index (χ0) is 28.9. The van der Waals surface area contributed by atoms with Crippen LogP contribution in [0.2, 0.25) is 0 Å². The maximum Gasteiger partial charge on any atom is 0.245 e. The molecular formula is C27H57N3O5. The number of carbonyl (C=O) groups excluding carboxylic acids is 3. The SMILES string of the molecule is C#CCCNC(C)=O.CC.CC.CC(=O)NCCC(C)(C)COCC(C)(C)C.CNC(=O)COC. The number of likely N-dealkylation sites (N-methyl/N-ethyl adjacent to an activating group) is 1. The van der Waals surface area contributed by atoms with Crippen LogP contribution in [0.5, 0.6) is 0 Å². The van der Waals surface area contributed by atoms with Crippen molar-refractivity contribution in [3.8, 4) is 12.3 Å². The first-order valence-electron chi connectivity index (χ1n) is 12.4. The number of terminal acetylenes is 1. The summed E-state index contributed by atoms with van der Waals surface area (Å²) < 4.78 is 10.2. The van der Waals surface area contributed by atoms with Gasteiger partial charge in [0, 0.05) is 47.5 Å². The molecule has 3 amide bonds. The zero-order valence-electron chi connectivity index (χ0n) is 25.1. The molecule has 35 heavy (non-hydrogen) atoms. The van der Waals surface area contributed by atoms with Crippen LogP contribution in [0.3, 0.4) is 0 Å². The molecule has 0 atom stereocenters. The molecule has 0 aliphatic heterocycles. The Morgan fingerprint density at radius 2 is 1.31 bits per heavy atom. The van der Waals surface area contributed by atoms with Gasteiger partial charge in [-0.2, -0.15) is 0 Å². The monoisotopic (exact) mass is 503 g/mol. The first kappa shape index (κ1) is 43.0. The number of rotatable bonds is 10. The van der Waals surface area contributed by atoms with Crippen molar-refractivity contribution < 1.29 is 23.9 Å². The predicted octanol–water partition coefficient (Wildman–Crippen LogP) is 4.18. The Morgan fingerprint density at radius 1 is 0.857 bits per heavy atom. The maximum absolute atomic E-state index is 10.7. The van der Waals surface area contributed by atoms with Gasteiger partial charge in [0.15, 0.2) is 0 Å². The number of carbonyl (C=O) groups is 3. The summed E-state index contributed by atoms with van der Waals surface area (Å²) in [4.78, 5) is 31.0. The van der Waals surface area contributed by atoms with Gasteiger partial charge in [-0.25, -0.2) is 0 Å². The van der Waals surface area contributed by atoms with E-state index >= 15 is 0 Å². The molecule has 0 radical (unpaired) electrons. The predicted molar refractivity (Wildman–Crippen MR) is 148 cm³/mol. The van der Waals surface area contributed by atoms with Crippen LogP contribution < -0.4 is 16.0 Å². The summed E-state index contributed by atoms with van der Waals surface area (Å²) in [7, 11) is 3.05. The Labute approximate surface area is 217 Å². The normalized spacial score (nSPS) is 9.49. The van der Waals surface area contributed by atoms with Crippen molar-refractivity contribution >= 4 is 17.7 Å². The molecular weight excluding hydrogens is 446 g/mol. The van der Waals surface area contributed by atoms with Gasteiger partial charge < -0.3 is 25.4 Å². The van der Waals surface area contributed by atoms with Gasteiger partial charge in [0.05, 0.1) is 13.2 Å². The van der Waals surface area contributed by atoms with Crippen molar-refractivity contribution in [3.63, 3.8) is 0 Å². The molecule has 0 bridgehead atoms. The number of methoxy groups -OCH3 is 1. The van der Waals surface area contributed by atoms with Crippen molar-refractivity contribution in [3.05, 3.63) is 0 Å². The topological polar surface area (TPSA) is 106 Å². The lowest BCUT2D eigenvalue weighted by Gasteiger charge is -2.27. The van der Waals surface area contributed by atoms with Crippen molar-refractivity contribution in [2.45, 2.75) is 89.0 Å². The first-order chi connectivity index (χ1) is 16.2. The molecule has 8 heteroatoms. The zero-order valence-corrected chi connectivity index (χ0v) is 25.1. The molecule has 210 valence electrons. The van der Waals surface area contributed by atoms with E-state index in [0.717, 1.165) is 26.2 Å². The quantitative estimate of drug-likeness (QED) is 0.306. The van der Waals surface area contributed by atoms with Crippen LogP contribution in [-0.2, 0) is 23.9 Å². The highest BCUT2D eigenvalue weighted by atomic mass is 16.5. The molecule has 0 rings (SSSR count). The fourth-order valence-corrected chi connectivity index (χ4v) is 1.80. The Hall–Kier alpha value is -2.11. The third-order valence-corrected chi connectivity index (χ3v) is 3.40. The Bertz CT molecular complexity index is 536. The maximum atomic E-state index is 10.7. The summed E-state index contributed by atoms with van der Waals surface area (Å²) in [5.41, 5.74) is 0.335. The van der Waals surface area contributed by atoms with Crippen LogP contribution in [0, 0.1) is 23.2 Å². The van der Waals surface area contributed by atoms with Gasteiger partial charge in [0.1, 0.15) is 6.61 Å². The number of amides is 3. The molecule has 3 N–H and O–H groups in total. The van der Waals surface area contributed by atoms with Gasteiger partial charge >= 0.3 is 0 Å². The molecule has 0 aliphatic rings. The first-order valence-corrected chi connectivity index (χ1v) is 12.4. The van der Waals surface area contributed by atoms with Crippen LogP contribution in [0.15, 0.2) is 0 Å². The van der Waals surface area contributed by atoms with Gasteiger partial charge in [-0.05, 0) is 17.3 Å². The molecule has 0 aromatic carbocycles. The second-order valence-corrected chi connectivity index (χ2v) is 8.99. The fourth-order valence-electron chi connectivity index (χ4n) is 1.80. The molecule has 0 heterocycles. The highest BCUT2D eigenvalue weighted by Crippen LogP contribution is 2.22. The van der Waals surface area contributed by atoms with E-state index in [0.29, 0.717) is 13.0 Å². The number of hydrogen-bond acceptors (Lipinski definition) is 5.